The molecule has 0 amide bonds. The second kappa shape index (κ2) is 6.07. The van der Waals surface area contributed by atoms with Gasteiger partial charge in [0.25, 0.3) is 0 Å². The Balaban J connectivity index is 2.75. The lowest BCUT2D eigenvalue weighted by atomic mass is 9.85. The molecule has 1 aromatic rings. The third kappa shape index (κ3) is 2.91. The number of rotatable bonds is 4. The number of fused-ring (bicyclic) bond motifs is 1. The first-order chi connectivity index (χ1) is 10.7. The van der Waals surface area contributed by atoms with Gasteiger partial charge < -0.3 is 14.6 Å². The molecule has 0 saturated heterocycles. The van der Waals surface area contributed by atoms with Crippen LogP contribution in [0.25, 0.3) is 6.08 Å². The van der Waals surface area contributed by atoms with Gasteiger partial charge in [-0.15, -0.1) is 0 Å². The Bertz CT molecular complexity index is 669. The van der Waals surface area contributed by atoms with E-state index in [0.29, 0.717) is 4.47 Å². The second-order valence-electron chi connectivity index (χ2n) is 4.90. The van der Waals surface area contributed by atoms with Crippen molar-refractivity contribution in [3.05, 3.63) is 27.7 Å². The molecule has 1 N–H and O–H groups in total. The molecule has 8 heteroatoms. The molecule has 1 atom stereocenters. The fraction of sp³-hybridized carbons (Fsp3) is 0.400. The van der Waals surface area contributed by atoms with Crippen LogP contribution in [0, 0.1) is 0 Å². The molecule has 0 aliphatic carbocycles. The van der Waals surface area contributed by atoms with Crippen molar-refractivity contribution < 1.29 is 32.5 Å². The number of aliphatic carboxylic acids is 1. The molecule has 126 valence electrons. The topological polar surface area (TPSA) is 55.8 Å². The lowest BCUT2D eigenvalue weighted by Gasteiger charge is -2.39. The highest BCUT2D eigenvalue weighted by molar-refractivity contribution is 9.10. The first kappa shape index (κ1) is 17.7. The summed E-state index contributed by atoms with van der Waals surface area (Å²) in [7, 11) is 0. The molecule has 23 heavy (non-hydrogen) atoms. The number of ether oxygens (including phenoxy) is 2. The van der Waals surface area contributed by atoms with Gasteiger partial charge in [-0.05, 0) is 31.6 Å². The smallest absolute Gasteiger partial charge is 0.432 e. The van der Waals surface area contributed by atoms with Crippen molar-refractivity contribution in [1.82, 2.24) is 0 Å². The summed E-state index contributed by atoms with van der Waals surface area (Å²) in [4.78, 5) is 11.4. The van der Waals surface area contributed by atoms with Crippen LogP contribution in [0.4, 0.5) is 13.2 Å². The van der Waals surface area contributed by atoms with E-state index >= 15 is 0 Å². The summed E-state index contributed by atoms with van der Waals surface area (Å²) >= 11 is 3.22. The quantitative estimate of drug-likeness (QED) is 0.820. The lowest BCUT2D eigenvalue weighted by molar-refractivity contribution is -0.236. The third-order valence-electron chi connectivity index (χ3n) is 3.55. The number of halogens is 4. The van der Waals surface area contributed by atoms with Gasteiger partial charge in [-0.2, -0.15) is 13.2 Å². The normalized spacial score (nSPS) is 20.3. The molecule has 0 bridgehead atoms. The van der Waals surface area contributed by atoms with Crippen LogP contribution in [0.3, 0.4) is 0 Å². The summed E-state index contributed by atoms with van der Waals surface area (Å²) in [5, 5.41) is 9.24. The molecule has 1 aromatic carbocycles. The van der Waals surface area contributed by atoms with Gasteiger partial charge in [0.2, 0.25) is 5.60 Å². The Morgan fingerprint density at radius 3 is 2.52 bits per heavy atom. The average molecular weight is 395 g/mol. The summed E-state index contributed by atoms with van der Waals surface area (Å²) in [6, 6.07) is 2.97. The summed E-state index contributed by atoms with van der Waals surface area (Å²) in [6.45, 7) is 3.15. The molecule has 0 fully saturated rings. The second-order valence-corrected chi connectivity index (χ2v) is 5.81. The van der Waals surface area contributed by atoms with Crippen molar-refractivity contribution in [2.75, 3.05) is 6.61 Å². The molecule has 1 aliphatic rings. The van der Waals surface area contributed by atoms with Gasteiger partial charge >= 0.3 is 12.1 Å². The zero-order valence-corrected chi connectivity index (χ0v) is 13.9. The number of hydrogen-bond donors (Lipinski definition) is 1. The largest absolute Gasteiger partial charge is 0.490 e. The molecular weight excluding hydrogens is 381 g/mol. The minimum absolute atomic E-state index is 0.112. The molecule has 2 rings (SSSR count). The predicted molar refractivity (Wildman–Crippen MR) is 80.6 cm³/mol. The van der Waals surface area contributed by atoms with Crippen molar-refractivity contribution in [1.29, 1.82) is 0 Å². The zero-order valence-electron chi connectivity index (χ0n) is 12.3. The Hall–Kier alpha value is -1.70. The minimum atomic E-state index is -4.89. The van der Waals surface area contributed by atoms with Gasteiger partial charge in [0.05, 0.1) is 12.2 Å². The van der Waals surface area contributed by atoms with Crippen LogP contribution >= 0.6 is 15.9 Å². The first-order valence-corrected chi connectivity index (χ1v) is 7.63. The van der Waals surface area contributed by atoms with Gasteiger partial charge in [0.15, 0.2) is 11.5 Å². The highest BCUT2D eigenvalue weighted by atomic mass is 79.9. The highest BCUT2D eigenvalue weighted by Gasteiger charge is 2.62. The summed E-state index contributed by atoms with van der Waals surface area (Å²) in [6.07, 6.45) is -4.47. The number of carboxylic acid groups (broad SMARTS) is 1. The van der Waals surface area contributed by atoms with Gasteiger partial charge in [-0.25, -0.2) is 4.79 Å². The molecule has 0 spiro atoms. The standard InChI is InChI=1S/C15H14BrF3O4/c1-3-14(15(17,18)19)10(13(20)21)6-8-5-9(16)7-11(22-4-2)12(8)23-14/h5-7H,3-4H2,1-2H3,(H,20,21). The number of benzene rings is 1. The number of hydrogen-bond acceptors (Lipinski definition) is 3. The number of carbonyl (C=O) groups is 1. The van der Waals surface area contributed by atoms with Crippen LogP contribution in [-0.4, -0.2) is 29.5 Å². The molecule has 0 aromatic heterocycles. The predicted octanol–water partition coefficient (Wildman–Crippen LogP) is 4.42. The van der Waals surface area contributed by atoms with Crippen LogP contribution < -0.4 is 9.47 Å². The van der Waals surface area contributed by atoms with Gasteiger partial charge in [-0.1, -0.05) is 22.9 Å². The van der Waals surface area contributed by atoms with E-state index in [-0.39, 0.29) is 23.7 Å². The zero-order chi connectivity index (χ0) is 17.4. The van der Waals surface area contributed by atoms with Crippen molar-refractivity contribution in [3.8, 4) is 11.5 Å². The molecule has 1 aliphatic heterocycles. The summed E-state index contributed by atoms with van der Waals surface area (Å²) < 4.78 is 52.0. The molecular formula is C15H14BrF3O4. The monoisotopic (exact) mass is 394 g/mol. The average Bonchev–Trinajstić information content (AvgIpc) is 2.44. The number of alkyl halides is 3. The Labute approximate surface area is 139 Å². The van der Waals surface area contributed by atoms with E-state index in [1.54, 1.807) is 6.92 Å². The van der Waals surface area contributed by atoms with Crippen LogP contribution in [0.5, 0.6) is 11.5 Å². The first-order valence-electron chi connectivity index (χ1n) is 6.83. The van der Waals surface area contributed by atoms with Crippen molar-refractivity contribution >= 4 is 28.0 Å². The molecule has 4 nitrogen and oxygen atoms in total. The Kier molecular flexibility index (Phi) is 4.66. The molecule has 1 heterocycles. The fourth-order valence-corrected chi connectivity index (χ4v) is 2.93. The summed E-state index contributed by atoms with van der Waals surface area (Å²) in [5.74, 6) is -1.66. The van der Waals surface area contributed by atoms with E-state index in [4.69, 9.17) is 9.47 Å². The lowest BCUT2D eigenvalue weighted by Crippen LogP contribution is -2.54. The van der Waals surface area contributed by atoms with Crippen molar-refractivity contribution in [2.45, 2.75) is 32.0 Å². The van der Waals surface area contributed by atoms with Crippen LogP contribution in [-0.2, 0) is 4.79 Å². The molecule has 0 radical (unpaired) electrons. The SMILES string of the molecule is CCOc1cc(Br)cc2c1OC(CC)(C(F)(F)F)C(C(=O)O)=C2. The van der Waals surface area contributed by atoms with Gasteiger partial charge in [0.1, 0.15) is 0 Å². The maximum absolute atomic E-state index is 13.6. The minimum Gasteiger partial charge on any atom is -0.490 e. The van der Waals surface area contributed by atoms with Gasteiger partial charge in [0, 0.05) is 10.0 Å². The highest BCUT2D eigenvalue weighted by Crippen LogP contribution is 2.50. The van der Waals surface area contributed by atoms with Crippen molar-refractivity contribution in [2.24, 2.45) is 0 Å². The van der Waals surface area contributed by atoms with E-state index in [1.807, 2.05) is 0 Å². The summed E-state index contributed by atoms with van der Waals surface area (Å²) in [5.41, 5.74) is -3.54. The van der Waals surface area contributed by atoms with E-state index in [1.165, 1.54) is 19.1 Å². The third-order valence-corrected chi connectivity index (χ3v) is 4.00. The maximum atomic E-state index is 13.6. The van der Waals surface area contributed by atoms with Crippen molar-refractivity contribution in [3.63, 3.8) is 0 Å². The van der Waals surface area contributed by atoms with Gasteiger partial charge in [-0.3, -0.25) is 0 Å². The van der Waals surface area contributed by atoms with E-state index in [9.17, 15) is 23.1 Å². The maximum Gasteiger partial charge on any atom is 0.432 e. The van der Waals surface area contributed by atoms with Crippen LogP contribution in [0.1, 0.15) is 25.8 Å². The molecule has 1 unspecified atom stereocenters. The van der Waals surface area contributed by atoms with Crippen LogP contribution in [0.2, 0.25) is 0 Å². The van der Waals surface area contributed by atoms with E-state index in [0.717, 1.165) is 6.08 Å². The molecule has 0 saturated carbocycles. The fourth-order valence-electron chi connectivity index (χ4n) is 2.48. The van der Waals surface area contributed by atoms with E-state index in [2.05, 4.69) is 15.9 Å². The Morgan fingerprint density at radius 2 is 2.04 bits per heavy atom. The van der Waals surface area contributed by atoms with Crippen LogP contribution in [0.15, 0.2) is 22.2 Å². The Morgan fingerprint density at radius 1 is 1.39 bits per heavy atom. The number of carboxylic acids is 1. The van der Waals surface area contributed by atoms with E-state index < -0.39 is 29.7 Å².